The van der Waals surface area contributed by atoms with Crippen LogP contribution in [-0.2, 0) is 0 Å². The molecule has 24 heavy (non-hydrogen) atoms. The molecule has 0 spiro atoms. The van der Waals surface area contributed by atoms with Crippen molar-refractivity contribution >= 4 is 17.3 Å². The topological polar surface area (TPSA) is 82.2 Å². The van der Waals surface area contributed by atoms with Crippen LogP contribution in [0.25, 0.3) is 11.3 Å². The van der Waals surface area contributed by atoms with E-state index >= 15 is 0 Å². The van der Waals surface area contributed by atoms with Gasteiger partial charge in [0, 0.05) is 18.0 Å². The van der Waals surface area contributed by atoms with Gasteiger partial charge < -0.3 is 10.1 Å². The van der Waals surface area contributed by atoms with Gasteiger partial charge in [-0.2, -0.15) is 10.1 Å². The van der Waals surface area contributed by atoms with E-state index in [0.29, 0.717) is 17.5 Å². The Balaban J connectivity index is 1.66. The number of ether oxygens (including phenoxy) is 1. The van der Waals surface area contributed by atoms with Crippen LogP contribution in [0.5, 0.6) is 5.75 Å². The Bertz CT molecular complexity index is 972. The Kier molecular flexibility index (Phi) is 3.34. The van der Waals surface area contributed by atoms with Crippen LogP contribution >= 0.6 is 0 Å². The van der Waals surface area contributed by atoms with Gasteiger partial charge in [0.25, 0.3) is 0 Å². The first-order valence-corrected chi connectivity index (χ1v) is 7.38. The fourth-order valence-corrected chi connectivity index (χ4v) is 2.42. The Labute approximate surface area is 137 Å². The summed E-state index contributed by atoms with van der Waals surface area (Å²) in [7, 11) is 1.62. The number of aromatic nitrogens is 6. The predicted molar refractivity (Wildman–Crippen MR) is 88.9 cm³/mol. The molecule has 120 valence electrons. The van der Waals surface area contributed by atoms with Gasteiger partial charge in [0.1, 0.15) is 23.6 Å². The van der Waals surface area contributed by atoms with Crippen LogP contribution in [-0.4, -0.2) is 36.5 Å². The van der Waals surface area contributed by atoms with E-state index in [0.717, 1.165) is 17.0 Å². The van der Waals surface area contributed by atoms with Crippen LogP contribution in [0.2, 0.25) is 0 Å². The summed E-state index contributed by atoms with van der Waals surface area (Å²) in [4.78, 5) is 8.56. The van der Waals surface area contributed by atoms with Gasteiger partial charge in [0.2, 0.25) is 5.95 Å². The molecule has 4 rings (SSSR count). The second-order valence-corrected chi connectivity index (χ2v) is 5.19. The third kappa shape index (κ3) is 2.54. The van der Waals surface area contributed by atoms with Crippen LogP contribution in [0.3, 0.4) is 0 Å². The number of hydrogen-bond acceptors (Lipinski definition) is 6. The van der Waals surface area contributed by atoms with Crippen molar-refractivity contribution in [3.8, 4) is 11.4 Å². The quantitative estimate of drug-likeness (QED) is 0.621. The smallest absolute Gasteiger partial charge is 0.247 e. The molecule has 0 atom stereocenters. The molecule has 1 aromatic carbocycles. The molecule has 8 nitrogen and oxygen atoms in total. The van der Waals surface area contributed by atoms with Crippen LogP contribution in [0, 0.1) is 6.92 Å². The van der Waals surface area contributed by atoms with Crippen LogP contribution in [0.15, 0.2) is 48.9 Å². The molecule has 8 heteroatoms. The molecule has 0 bridgehead atoms. The standard InChI is InChI=1S/C16H15N7O/c1-11-17-10-23(20-11)13-7-6-12(9-14(13)24-2)18-16-19-15-5-3-4-8-22(15)21-16/h3-10H,1-2H3,(H,18,21). The number of fused-ring (bicyclic) bond motifs is 1. The van der Waals surface area contributed by atoms with E-state index in [-0.39, 0.29) is 0 Å². The van der Waals surface area contributed by atoms with Gasteiger partial charge in [0.15, 0.2) is 5.65 Å². The molecular weight excluding hydrogens is 306 g/mol. The molecule has 1 N–H and O–H groups in total. The third-order valence-electron chi connectivity index (χ3n) is 3.53. The maximum absolute atomic E-state index is 5.47. The van der Waals surface area contributed by atoms with Crippen molar-refractivity contribution in [2.45, 2.75) is 6.92 Å². The van der Waals surface area contributed by atoms with E-state index in [1.807, 2.05) is 49.5 Å². The van der Waals surface area contributed by atoms with E-state index in [1.165, 1.54) is 0 Å². The number of hydrogen-bond donors (Lipinski definition) is 1. The first kappa shape index (κ1) is 14.2. The van der Waals surface area contributed by atoms with Crippen molar-refractivity contribution in [2.24, 2.45) is 0 Å². The summed E-state index contributed by atoms with van der Waals surface area (Å²) in [5.74, 6) is 1.90. The first-order valence-electron chi connectivity index (χ1n) is 7.38. The Hall–Kier alpha value is -3.42. The number of nitrogens with zero attached hydrogens (tertiary/aromatic N) is 6. The zero-order valence-corrected chi connectivity index (χ0v) is 13.2. The highest BCUT2D eigenvalue weighted by Crippen LogP contribution is 2.27. The number of nitrogens with one attached hydrogen (secondary N) is 1. The number of anilines is 2. The highest BCUT2D eigenvalue weighted by molar-refractivity contribution is 5.62. The van der Waals surface area contributed by atoms with E-state index in [9.17, 15) is 0 Å². The van der Waals surface area contributed by atoms with Gasteiger partial charge in [-0.15, -0.1) is 5.10 Å². The average Bonchev–Trinajstić information content (AvgIpc) is 3.20. The lowest BCUT2D eigenvalue weighted by molar-refractivity contribution is 0.412. The van der Waals surface area contributed by atoms with Crippen molar-refractivity contribution in [3.05, 3.63) is 54.7 Å². The molecule has 0 unspecified atom stereocenters. The molecule has 0 aliphatic carbocycles. The first-order chi connectivity index (χ1) is 11.7. The lowest BCUT2D eigenvalue weighted by Crippen LogP contribution is -2.00. The minimum atomic E-state index is 0.521. The monoisotopic (exact) mass is 321 g/mol. The summed E-state index contributed by atoms with van der Waals surface area (Å²) in [6.45, 7) is 1.84. The zero-order valence-electron chi connectivity index (χ0n) is 13.2. The third-order valence-corrected chi connectivity index (χ3v) is 3.53. The van der Waals surface area contributed by atoms with Crippen molar-refractivity contribution in [2.75, 3.05) is 12.4 Å². The second kappa shape index (κ2) is 5.65. The Morgan fingerprint density at radius 2 is 2.04 bits per heavy atom. The van der Waals surface area contributed by atoms with Gasteiger partial charge in [-0.05, 0) is 31.2 Å². The minimum Gasteiger partial charge on any atom is -0.494 e. The van der Waals surface area contributed by atoms with Crippen molar-refractivity contribution in [1.29, 1.82) is 0 Å². The molecule has 0 aliphatic heterocycles. The number of rotatable bonds is 4. The second-order valence-electron chi connectivity index (χ2n) is 5.19. The molecular formula is C16H15N7O. The normalized spacial score (nSPS) is 10.9. The number of aryl methyl sites for hydroxylation is 1. The molecule has 0 amide bonds. The number of methoxy groups -OCH3 is 1. The van der Waals surface area contributed by atoms with E-state index in [4.69, 9.17) is 4.74 Å². The molecule has 0 radical (unpaired) electrons. The van der Waals surface area contributed by atoms with Crippen molar-refractivity contribution in [1.82, 2.24) is 29.4 Å². The van der Waals surface area contributed by atoms with Crippen LogP contribution in [0.4, 0.5) is 11.6 Å². The summed E-state index contributed by atoms with van der Waals surface area (Å²) in [6, 6.07) is 11.4. The lowest BCUT2D eigenvalue weighted by Gasteiger charge is -2.10. The fourth-order valence-electron chi connectivity index (χ4n) is 2.42. The molecule has 3 aromatic heterocycles. The molecule has 4 aromatic rings. The van der Waals surface area contributed by atoms with Crippen LogP contribution in [0.1, 0.15) is 5.82 Å². The van der Waals surface area contributed by atoms with E-state index in [2.05, 4.69) is 25.5 Å². The highest BCUT2D eigenvalue weighted by atomic mass is 16.5. The van der Waals surface area contributed by atoms with Gasteiger partial charge in [-0.1, -0.05) is 6.07 Å². The number of benzene rings is 1. The van der Waals surface area contributed by atoms with Gasteiger partial charge in [0.05, 0.1) is 7.11 Å². The molecule has 0 fully saturated rings. The Morgan fingerprint density at radius 1 is 1.12 bits per heavy atom. The lowest BCUT2D eigenvalue weighted by atomic mass is 10.2. The number of pyridine rings is 1. The fraction of sp³-hybridized carbons (Fsp3) is 0.125. The SMILES string of the molecule is COc1cc(Nc2nc3ccccn3n2)ccc1-n1cnc(C)n1. The summed E-state index contributed by atoms with van der Waals surface area (Å²) in [5, 5.41) is 11.9. The summed E-state index contributed by atoms with van der Waals surface area (Å²) in [6.07, 6.45) is 3.51. The van der Waals surface area contributed by atoms with Crippen molar-refractivity contribution in [3.63, 3.8) is 0 Å². The Morgan fingerprint density at radius 3 is 2.79 bits per heavy atom. The average molecular weight is 321 g/mol. The maximum atomic E-state index is 5.47. The van der Waals surface area contributed by atoms with E-state index < -0.39 is 0 Å². The summed E-state index contributed by atoms with van der Waals surface area (Å²) >= 11 is 0. The summed E-state index contributed by atoms with van der Waals surface area (Å²) in [5.41, 5.74) is 2.41. The molecule has 0 aliphatic rings. The van der Waals surface area contributed by atoms with Crippen molar-refractivity contribution < 1.29 is 4.74 Å². The molecule has 3 heterocycles. The zero-order chi connectivity index (χ0) is 16.5. The maximum Gasteiger partial charge on any atom is 0.247 e. The van der Waals surface area contributed by atoms with Gasteiger partial charge >= 0.3 is 0 Å². The molecule has 0 saturated heterocycles. The van der Waals surface area contributed by atoms with Gasteiger partial charge in [-0.3, -0.25) is 0 Å². The highest BCUT2D eigenvalue weighted by Gasteiger charge is 2.10. The molecule has 0 saturated carbocycles. The summed E-state index contributed by atoms with van der Waals surface area (Å²) < 4.78 is 8.87. The van der Waals surface area contributed by atoms with E-state index in [1.54, 1.807) is 22.6 Å². The predicted octanol–water partition coefficient (Wildman–Crippen LogP) is 2.37. The minimum absolute atomic E-state index is 0.521. The van der Waals surface area contributed by atoms with Crippen LogP contribution < -0.4 is 10.1 Å². The van der Waals surface area contributed by atoms with Gasteiger partial charge in [-0.25, -0.2) is 14.2 Å². The largest absolute Gasteiger partial charge is 0.494 e.